The number of carbonyl (C=O) groups excluding carboxylic acids is 1. The number of aliphatic hydroxyl groups excluding tert-OH is 2. The maximum Gasteiger partial charge on any atom is 0.342 e. The van der Waals surface area contributed by atoms with E-state index in [2.05, 4.69) is 0 Å². The van der Waals surface area contributed by atoms with Crippen LogP contribution in [-0.2, 0) is 26.3 Å². The van der Waals surface area contributed by atoms with Crippen LogP contribution in [0, 0.1) is 0 Å². The van der Waals surface area contributed by atoms with E-state index < -0.39 is 46.5 Å². The molecule has 0 radical (unpaired) electrons. The summed E-state index contributed by atoms with van der Waals surface area (Å²) in [6.07, 6.45) is -2.56. The van der Waals surface area contributed by atoms with Crippen molar-refractivity contribution in [3.05, 3.63) is 144 Å². The molecule has 3 aliphatic rings. The smallest absolute Gasteiger partial charge is 0.342 e. The van der Waals surface area contributed by atoms with Crippen LogP contribution in [0.1, 0.15) is 40.7 Å². The van der Waals surface area contributed by atoms with E-state index in [1.165, 1.54) is 0 Å². The summed E-state index contributed by atoms with van der Waals surface area (Å²) in [6.45, 7) is 0. The van der Waals surface area contributed by atoms with Gasteiger partial charge in [-0.25, -0.2) is 4.79 Å². The first-order chi connectivity index (χ1) is 19.4. The van der Waals surface area contributed by atoms with E-state index in [1.807, 2.05) is 84.9 Å². The first-order valence-electron chi connectivity index (χ1n) is 13.6. The Labute approximate surface area is 232 Å². The average molecular weight is 535 g/mol. The van der Waals surface area contributed by atoms with E-state index in [0.717, 1.165) is 11.1 Å². The van der Waals surface area contributed by atoms with E-state index in [1.54, 1.807) is 36.4 Å². The Balaban J connectivity index is 1.53. The Bertz CT molecular complexity index is 1530. The van der Waals surface area contributed by atoms with Crippen molar-refractivity contribution >= 4 is 5.97 Å². The standard InChI is InChI=1S/C34H30O6/c35-28-21-27(24-15-7-2-8-16-24)33(29(36)25-17-9-3-10-18-25)34(32(28,38)26-19-11-4-12-20-26)31(40-34,30(37)39-33)22-23-13-5-1-6-14-23/h1-20,27-29,35-36,38H,21-22H2/t27?,28-,29?,31+,32+,33?,34-/m0/s1. The monoisotopic (exact) mass is 534 g/mol. The molecule has 3 N–H and O–H groups in total. The first-order valence-corrected chi connectivity index (χ1v) is 13.6. The summed E-state index contributed by atoms with van der Waals surface area (Å²) in [5, 5.41) is 37.1. The van der Waals surface area contributed by atoms with E-state index in [0.29, 0.717) is 11.1 Å². The van der Waals surface area contributed by atoms with Crippen LogP contribution in [0.3, 0.4) is 0 Å². The molecular formula is C34H30O6. The number of carbonyl (C=O) groups is 1. The first kappa shape index (κ1) is 25.2. The molecule has 0 amide bonds. The quantitative estimate of drug-likeness (QED) is 0.253. The van der Waals surface area contributed by atoms with Crippen molar-refractivity contribution in [3.8, 4) is 0 Å². The Morgan fingerprint density at radius 1 is 0.800 bits per heavy atom. The second-order valence-electron chi connectivity index (χ2n) is 11.1. The Morgan fingerprint density at radius 2 is 1.35 bits per heavy atom. The van der Waals surface area contributed by atoms with Crippen LogP contribution in [0.5, 0.6) is 0 Å². The van der Waals surface area contributed by atoms with E-state index in [9.17, 15) is 20.1 Å². The molecule has 6 nitrogen and oxygen atoms in total. The number of ether oxygens (including phenoxy) is 2. The van der Waals surface area contributed by atoms with Gasteiger partial charge in [0.1, 0.15) is 6.10 Å². The maximum atomic E-state index is 14.2. The number of rotatable bonds is 6. The van der Waals surface area contributed by atoms with Gasteiger partial charge in [-0.3, -0.25) is 0 Å². The number of hydrogen-bond donors (Lipinski definition) is 3. The van der Waals surface area contributed by atoms with Gasteiger partial charge in [0, 0.05) is 12.3 Å². The van der Waals surface area contributed by atoms with Crippen LogP contribution in [0.15, 0.2) is 121 Å². The molecule has 4 aromatic rings. The molecule has 3 unspecified atom stereocenters. The Hall–Kier alpha value is -3.81. The molecule has 2 aliphatic heterocycles. The molecule has 4 aromatic carbocycles. The maximum absolute atomic E-state index is 14.2. The zero-order chi connectivity index (χ0) is 27.6. The SMILES string of the molecule is O=C1OC2(C(O)c3ccccc3)C(c3ccccc3)C[C@H](O)[C@](O)(c3ccccc3)[C@]23O[C@]13Cc1ccccc1. The van der Waals surface area contributed by atoms with Crippen molar-refractivity contribution in [2.45, 2.75) is 53.4 Å². The van der Waals surface area contributed by atoms with Crippen LogP contribution < -0.4 is 0 Å². The van der Waals surface area contributed by atoms with Crippen molar-refractivity contribution in [2.75, 3.05) is 0 Å². The lowest BCUT2D eigenvalue weighted by atomic mass is 9.51. The minimum atomic E-state index is -2.07. The van der Waals surface area contributed by atoms with Gasteiger partial charge in [0.25, 0.3) is 0 Å². The fourth-order valence-electron chi connectivity index (χ4n) is 7.52. The summed E-state index contributed by atoms with van der Waals surface area (Å²) in [7, 11) is 0. The van der Waals surface area contributed by atoms with Crippen molar-refractivity contribution < 1.29 is 29.6 Å². The predicted molar refractivity (Wildman–Crippen MR) is 147 cm³/mol. The number of aliphatic hydroxyl groups is 3. The van der Waals surface area contributed by atoms with Crippen LogP contribution in [-0.4, -0.2) is 44.2 Å². The van der Waals surface area contributed by atoms with Gasteiger partial charge in [0.15, 0.2) is 16.8 Å². The number of epoxide rings is 1. The van der Waals surface area contributed by atoms with Crippen LogP contribution in [0.4, 0.5) is 0 Å². The topological polar surface area (TPSA) is 99.5 Å². The Morgan fingerprint density at radius 3 is 1.98 bits per heavy atom. The summed E-state index contributed by atoms with van der Waals surface area (Å²) in [6, 6.07) is 36.6. The normalized spacial score (nSPS) is 34.8. The average Bonchev–Trinajstić information content (AvgIpc) is 3.64. The second kappa shape index (κ2) is 8.85. The summed E-state index contributed by atoms with van der Waals surface area (Å²) < 4.78 is 13.1. The Kier molecular flexibility index (Phi) is 5.57. The lowest BCUT2D eigenvalue weighted by molar-refractivity contribution is -0.263. The molecule has 3 fully saturated rings. The van der Waals surface area contributed by atoms with Crippen LogP contribution in [0.2, 0.25) is 0 Å². The molecule has 1 saturated carbocycles. The fraction of sp³-hybridized carbons (Fsp3) is 0.265. The van der Waals surface area contributed by atoms with E-state index >= 15 is 0 Å². The molecular weight excluding hydrogens is 504 g/mol. The summed E-state index contributed by atoms with van der Waals surface area (Å²) in [4.78, 5) is 14.2. The van der Waals surface area contributed by atoms with Crippen molar-refractivity contribution in [1.82, 2.24) is 0 Å². The van der Waals surface area contributed by atoms with Crippen molar-refractivity contribution in [1.29, 1.82) is 0 Å². The molecule has 2 saturated heterocycles. The third-order valence-corrected chi connectivity index (χ3v) is 9.22. The van der Waals surface area contributed by atoms with Gasteiger partial charge in [-0.05, 0) is 28.7 Å². The highest BCUT2D eigenvalue weighted by Crippen LogP contribution is 2.78. The third-order valence-electron chi connectivity index (χ3n) is 9.22. The summed E-state index contributed by atoms with van der Waals surface area (Å²) >= 11 is 0. The molecule has 202 valence electrons. The number of esters is 1. The molecule has 7 rings (SSSR count). The lowest BCUT2D eigenvalue weighted by Gasteiger charge is -2.56. The lowest BCUT2D eigenvalue weighted by Crippen LogP contribution is -2.71. The number of hydrogen-bond acceptors (Lipinski definition) is 6. The molecule has 1 aliphatic carbocycles. The largest absolute Gasteiger partial charge is 0.450 e. The van der Waals surface area contributed by atoms with E-state index in [-0.39, 0.29) is 12.8 Å². The van der Waals surface area contributed by atoms with Gasteiger partial charge in [0.2, 0.25) is 5.60 Å². The molecule has 6 heteroatoms. The van der Waals surface area contributed by atoms with Gasteiger partial charge >= 0.3 is 5.97 Å². The van der Waals surface area contributed by atoms with Gasteiger partial charge in [0.05, 0.1) is 6.10 Å². The zero-order valence-electron chi connectivity index (χ0n) is 21.8. The summed E-state index contributed by atoms with van der Waals surface area (Å²) in [5.41, 5.74) is -4.78. The predicted octanol–water partition coefficient (Wildman–Crippen LogP) is 4.20. The van der Waals surface area contributed by atoms with Crippen molar-refractivity contribution in [2.24, 2.45) is 0 Å². The molecule has 0 aromatic heterocycles. The molecule has 40 heavy (non-hydrogen) atoms. The minimum Gasteiger partial charge on any atom is -0.450 e. The number of benzene rings is 4. The molecule has 1 spiro atoms. The highest BCUT2D eigenvalue weighted by Gasteiger charge is 2.99. The second-order valence-corrected chi connectivity index (χ2v) is 11.1. The molecule has 0 bridgehead atoms. The molecule has 2 heterocycles. The van der Waals surface area contributed by atoms with Gasteiger partial charge in [-0.15, -0.1) is 0 Å². The highest BCUT2D eigenvalue weighted by molar-refractivity contribution is 5.92. The third kappa shape index (κ3) is 3.05. The van der Waals surface area contributed by atoms with E-state index in [4.69, 9.17) is 9.47 Å². The van der Waals surface area contributed by atoms with Gasteiger partial charge in [-0.2, -0.15) is 0 Å². The van der Waals surface area contributed by atoms with Gasteiger partial charge < -0.3 is 24.8 Å². The summed E-state index contributed by atoms with van der Waals surface area (Å²) in [5.74, 6) is -1.34. The van der Waals surface area contributed by atoms with Gasteiger partial charge in [-0.1, -0.05) is 121 Å². The van der Waals surface area contributed by atoms with Crippen molar-refractivity contribution in [3.63, 3.8) is 0 Å². The zero-order valence-corrected chi connectivity index (χ0v) is 21.8. The van der Waals surface area contributed by atoms with Crippen LogP contribution >= 0.6 is 0 Å². The van der Waals surface area contributed by atoms with Crippen LogP contribution in [0.25, 0.3) is 0 Å². The fourth-order valence-corrected chi connectivity index (χ4v) is 7.52. The molecule has 7 atom stereocenters. The highest BCUT2D eigenvalue weighted by atomic mass is 16.7. The minimum absolute atomic E-state index is 0.0269.